The van der Waals surface area contributed by atoms with Crippen LogP contribution in [0.15, 0.2) is 50.9 Å². The Kier molecular flexibility index (Phi) is 4.20. The smallest absolute Gasteiger partial charge is 0.101 e. The van der Waals surface area contributed by atoms with Gasteiger partial charge in [0, 0.05) is 22.1 Å². The largest absolute Gasteiger partial charge is 0.326 e. The Bertz CT molecular complexity index is 514. The summed E-state index contributed by atoms with van der Waals surface area (Å²) >= 11 is 5.16. The molecule has 1 aromatic heterocycles. The molecule has 0 aliphatic heterocycles. The Morgan fingerprint density at radius 2 is 2.18 bits per heavy atom. The molecular weight excluding hydrogens is 296 g/mol. The van der Waals surface area contributed by atoms with Crippen LogP contribution >= 0.6 is 27.7 Å². The lowest BCUT2D eigenvalue weighted by atomic mass is 10.1. The average molecular weight is 309 g/mol. The van der Waals surface area contributed by atoms with E-state index in [1.54, 1.807) is 18.0 Å². The number of nitrogens with two attached hydrogens (primary N) is 1. The number of aromatic nitrogens is 1. The van der Waals surface area contributed by atoms with Gasteiger partial charge in [-0.3, -0.25) is 0 Å². The van der Waals surface area contributed by atoms with Gasteiger partial charge in [-0.05, 0) is 42.3 Å². The van der Waals surface area contributed by atoms with Gasteiger partial charge in [0.1, 0.15) is 5.03 Å². The molecule has 2 aromatic rings. The van der Waals surface area contributed by atoms with Crippen LogP contribution in [-0.4, -0.2) is 4.98 Å². The van der Waals surface area contributed by atoms with Gasteiger partial charge in [-0.1, -0.05) is 33.8 Å². The number of hydrogen-bond acceptors (Lipinski definition) is 3. The third-order valence-electron chi connectivity index (χ3n) is 2.38. The summed E-state index contributed by atoms with van der Waals surface area (Å²) in [5.41, 5.74) is 8.15. The van der Waals surface area contributed by atoms with Gasteiger partial charge in [0.05, 0.1) is 0 Å². The lowest BCUT2D eigenvalue weighted by Crippen LogP contribution is -2.00. The summed E-state index contributed by atoms with van der Waals surface area (Å²) in [6.45, 7) is 2.63. The molecule has 0 atom stereocenters. The van der Waals surface area contributed by atoms with Crippen molar-refractivity contribution in [2.24, 2.45) is 5.73 Å². The monoisotopic (exact) mass is 308 g/mol. The van der Waals surface area contributed by atoms with Gasteiger partial charge in [0.15, 0.2) is 0 Å². The molecule has 1 aromatic carbocycles. The highest BCUT2D eigenvalue weighted by molar-refractivity contribution is 9.10. The van der Waals surface area contributed by atoms with E-state index in [0.29, 0.717) is 6.54 Å². The summed E-state index contributed by atoms with van der Waals surface area (Å²) in [6, 6.07) is 10.1. The number of aryl methyl sites for hydroxylation is 1. The first kappa shape index (κ1) is 12.6. The van der Waals surface area contributed by atoms with Crippen LogP contribution in [0.2, 0.25) is 0 Å². The van der Waals surface area contributed by atoms with Crippen molar-refractivity contribution in [2.45, 2.75) is 23.4 Å². The SMILES string of the molecule is Cc1cc(Br)cc(CN)c1Sc1ccccn1. The quantitative estimate of drug-likeness (QED) is 0.938. The second-order valence-corrected chi connectivity index (χ2v) is 5.63. The maximum atomic E-state index is 5.79. The molecule has 0 aliphatic rings. The standard InChI is InChI=1S/C13H13BrN2S/c1-9-6-11(14)7-10(8-15)13(9)17-12-4-2-3-5-16-12/h2-7H,8,15H2,1H3. The van der Waals surface area contributed by atoms with Crippen LogP contribution in [0.25, 0.3) is 0 Å². The van der Waals surface area contributed by atoms with E-state index < -0.39 is 0 Å². The molecule has 0 saturated carbocycles. The zero-order chi connectivity index (χ0) is 12.3. The minimum absolute atomic E-state index is 0.537. The van der Waals surface area contributed by atoms with Crippen LogP contribution in [0.3, 0.4) is 0 Å². The fourth-order valence-electron chi connectivity index (χ4n) is 1.61. The summed E-state index contributed by atoms with van der Waals surface area (Å²) in [4.78, 5) is 5.53. The Hall–Kier alpha value is -0.840. The summed E-state index contributed by atoms with van der Waals surface area (Å²) in [6.07, 6.45) is 1.80. The molecule has 0 spiro atoms. The summed E-state index contributed by atoms with van der Waals surface area (Å²) in [7, 11) is 0. The van der Waals surface area contributed by atoms with Crippen molar-refractivity contribution in [2.75, 3.05) is 0 Å². The summed E-state index contributed by atoms with van der Waals surface area (Å²) in [5.74, 6) is 0. The highest BCUT2D eigenvalue weighted by Crippen LogP contribution is 2.33. The zero-order valence-corrected chi connectivity index (χ0v) is 11.9. The minimum atomic E-state index is 0.537. The highest BCUT2D eigenvalue weighted by atomic mass is 79.9. The fraction of sp³-hybridized carbons (Fsp3) is 0.154. The van der Waals surface area contributed by atoms with Crippen LogP contribution in [0, 0.1) is 6.92 Å². The molecule has 1 heterocycles. The van der Waals surface area contributed by atoms with Crippen molar-refractivity contribution in [1.29, 1.82) is 0 Å². The molecule has 0 amide bonds. The lowest BCUT2D eigenvalue weighted by molar-refractivity contribution is 1.01. The zero-order valence-electron chi connectivity index (χ0n) is 9.48. The second-order valence-electron chi connectivity index (χ2n) is 3.69. The van der Waals surface area contributed by atoms with Crippen molar-refractivity contribution in [1.82, 2.24) is 4.98 Å². The molecule has 0 bridgehead atoms. The van der Waals surface area contributed by atoms with E-state index in [1.165, 1.54) is 10.5 Å². The summed E-state index contributed by atoms with van der Waals surface area (Å²) in [5, 5.41) is 0.993. The Morgan fingerprint density at radius 1 is 1.35 bits per heavy atom. The molecule has 17 heavy (non-hydrogen) atoms. The van der Waals surface area contributed by atoms with Gasteiger partial charge in [-0.2, -0.15) is 0 Å². The molecule has 0 fully saturated rings. The lowest BCUT2D eigenvalue weighted by Gasteiger charge is -2.11. The third kappa shape index (κ3) is 3.09. The topological polar surface area (TPSA) is 38.9 Å². The molecule has 0 saturated heterocycles. The molecule has 0 radical (unpaired) electrons. The van der Waals surface area contributed by atoms with E-state index in [4.69, 9.17) is 5.73 Å². The molecule has 88 valence electrons. The number of benzene rings is 1. The van der Waals surface area contributed by atoms with E-state index in [-0.39, 0.29) is 0 Å². The number of hydrogen-bond donors (Lipinski definition) is 1. The normalized spacial score (nSPS) is 10.5. The molecule has 2 nitrogen and oxygen atoms in total. The van der Waals surface area contributed by atoms with Crippen molar-refractivity contribution < 1.29 is 0 Å². The molecule has 2 N–H and O–H groups in total. The molecule has 4 heteroatoms. The predicted molar refractivity (Wildman–Crippen MR) is 75.1 cm³/mol. The predicted octanol–water partition coefficient (Wildman–Crippen LogP) is 3.76. The van der Waals surface area contributed by atoms with Gasteiger partial charge in [-0.25, -0.2) is 4.98 Å². The van der Waals surface area contributed by atoms with Crippen molar-refractivity contribution in [3.8, 4) is 0 Å². The Balaban J connectivity index is 2.38. The van der Waals surface area contributed by atoms with Crippen LogP contribution in [-0.2, 0) is 6.54 Å². The highest BCUT2D eigenvalue weighted by Gasteiger charge is 2.08. The number of nitrogens with zero attached hydrogens (tertiary/aromatic N) is 1. The van der Waals surface area contributed by atoms with E-state index in [0.717, 1.165) is 15.1 Å². The maximum absolute atomic E-state index is 5.79. The number of halogens is 1. The minimum Gasteiger partial charge on any atom is -0.326 e. The molecule has 0 aliphatic carbocycles. The summed E-state index contributed by atoms with van der Waals surface area (Å²) < 4.78 is 1.07. The molecule has 2 rings (SSSR count). The Morgan fingerprint density at radius 3 is 2.82 bits per heavy atom. The van der Waals surface area contributed by atoms with E-state index >= 15 is 0 Å². The van der Waals surface area contributed by atoms with Gasteiger partial charge < -0.3 is 5.73 Å². The number of pyridine rings is 1. The molecular formula is C13H13BrN2S. The van der Waals surface area contributed by atoms with Gasteiger partial charge in [0.2, 0.25) is 0 Å². The maximum Gasteiger partial charge on any atom is 0.101 e. The van der Waals surface area contributed by atoms with Gasteiger partial charge >= 0.3 is 0 Å². The van der Waals surface area contributed by atoms with Crippen molar-refractivity contribution in [3.63, 3.8) is 0 Å². The number of rotatable bonds is 3. The van der Waals surface area contributed by atoms with E-state index in [9.17, 15) is 0 Å². The third-order valence-corrected chi connectivity index (χ3v) is 4.08. The first-order valence-corrected chi connectivity index (χ1v) is 6.89. The van der Waals surface area contributed by atoms with Gasteiger partial charge in [0.25, 0.3) is 0 Å². The second kappa shape index (κ2) is 5.67. The first-order valence-electron chi connectivity index (χ1n) is 5.28. The average Bonchev–Trinajstić information content (AvgIpc) is 2.33. The van der Waals surface area contributed by atoms with Crippen LogP contribution < -0.4 is 5.73 Å². The van der Waals surface area contributed by atoms with E-state index in [2.05, 4.69) is 40.0 Å². The first-order chi connectivity index (χ1) is 8.20. The van der Waals surface area contributed by atoms with Crippen LogP contribution in [0.1, 0.15) is 11.1 Å². The van der Waals surface area contributed by atoms with Crippen molar-refractivity contribution in [3.05, 3.63) is 52.1 Å². The van der Waals surface area contributed by atoms with Gasteiger partial charge in [-0.15, -0.1) is 0 Å². The molecule has 0 unspecified atom stereocenters. The Labute approximate surface area is 114 Å². The van der Waals surface area contributed by atoms with Crippen LogP contribution in [0.4, 0.5) is 0 Å². The van der Waals surface area contributed by atoms with E-state index in [1.807, 2.05) is 18.2 Å². The van der Waals surface area contributed by atoms with Crippen LogP contribution in [0.5, 0.6) is 0 Å². The fourth-order valence-corrected chi connectivity index (χ4v) is 3.19. The van der Waals surface area contributed by atoms with Crippen molar-refractivity contribution >= 4 is 27.7 Å².